The Morgan fingerprint density at radius 2 is 1.89 bits per heavy atom. The molecule has 2 N–H and O–H groups in total. The molecule has 1 atom stereocenters. The third kappa shape index (κ3) is 5.59. The van der Waals surface area contributed by atoms with E-state index in [0.29, 0.717) is 50.4 Å². The van der Waals surface area contributed by atoms with E-state index in [1.807, 2.05) is 34.1 Å². The first-order valence-corrected chi connectivity index (χ1v) is 13.5. The number of pyridine rings is 1. The summed E-state index contributed by atoms with van der Waals surface area (Å²) in [5, 5.41) is 11.8. The lowest BCUT2D eigenvalue weighted by Gasteiger charge is -2.40. The molecule has 0 spiro atoms. The molecule has 0 aromatic carbocycles. The van der Waals surface area contributed by atoms with Crippen LogP contribution in [-0.2, 0) is 4.74 Å². The van der Waals surface area contributed by atoms with Gasteiger partial charge in [0.2, 0.25) is 5.95 Å². The molecule has 2 aliphatic heterocycles. The number of fused-ring (bicyclic) bond motifs is 1. The first-order chi connectivity index (χ1) is 18.4. The number of urea groups is 1. The zero-order valence-corrected chi connectivity index (χ0v) is 22.7. The van der Waals surface area contributed by atoms with Crippen LogP contribution >= 0.6 is 0 Å². The molecule has 3 aromatic heterocycles. The Hall–Kier alpha value is -3.67. The predicted octanol–water partition coefficient (Wildman–Crippen LogP) is 3.01. The van der Waals surface area contributed by atoms with E-state index in [-0.39, 0.29) is 18.1 Å². The van der Waals surface area contributed by atoms with Crippen molar-refractivity contribution in [2.45, 2.75) is 45.7 Å². The van der Waals surface area contributed by atoms with E-state index in [4.69, 9.17) is 14.7 Å². The summed E-state index contributed by atoms with van der Waals surface area (Å²) >= 11 is 0. The molecule has 3 aromatic rings. The molecule has 0 unspecified atom stereocenters. The summed E-state index contributed by atoms with van der Waals surface area (Å²) in [7, 11) is 1.63. The molecule has 0 aliphatic carbocycles. The van der Waals surface area contributed by atoms with Gasteiger partial charge in [0.05, 0.1) is 18.3 Å². The fourth-order valence-electron chi connectivity index (χ4n) is 5.09. The molecule has 2 fully saturated rings. The highest BCUT2D eigenvalue weighted by Gasteiger charge is 2.29. The van der Waals surface area contributed by atoms with Gasteiger partial charge < -0.3 is 30.1 Å². The molecule has 5 heterocycles. The van der Waals surface area contributed by atoms with Crippen LogP contribution < -0.4 is 20.4 Å². The highest BCUT2D eigenvalue weighted by atomic mass is 16.5. The normalized spacial score (nSPS) is 18.0. The second-order valence-corrected chi connectivity index (χ2v) is 10.3. The Morgan fingerprint density at radius 3 is 2.63 bits per heavy atom. The number of nitrogens with one attached hydrogen (secondary N) is 2. The van der Waals surface area contributed by atoms with E-state index in [0.717, 1.165) is 42.7 Å². The molecule has 12 nitrogen and oxygen atoms in total. The van der Waals surface area contributed by atoms with Crippen molar-refractivity contribution < 1.29 is 9.53 Å². The van der Waals surface area contributed by atoms with Crippen LogP contribution in [0.5, 0.6) is 0 Å². The molecule has 2 saturated heterocycles. The maximum atomic E-state index is 12.6. The summed E-state index contributed by atoms with van der Waals surface area (Å²) < 4.78 is 7.04. The van der Waals surface area contributed by atoms with E-state index in [2.05, 4.69) is 51.3 Å². The summed E-state index contributed by atoms with van der Waals surface area (Å²) in [5.41, 5.74) is 1.03. The number of hydrogen-bond acceptors (Lipinski definition) is 9. The molecule has 38 heavy (non-hydrogen) atoms. The summed E-state index contributed by atoms with van der Waals surface area (Å²) in [6, 6.07) is 4.22. The molecule has 2 aliphatic rings. The molecule has 2 amide bonds. The number of piperazine rings is 1. The van der Waals surface area contributed by atoms with Gasteiger partial charge in [0.15, 0.2) is 0 Å². The van der Waals surface area contributed by atoms with Crippen LogP contribution in [0.4, 0.5) is 28.2 Å². The number of nitrogens with zero attached hydrogens (tertiary/aromatic N) is 8. The highest BCUT2D eigenvalue weighted by molar-refractivity contribution is 5.81. The summed E-state index contributed by atoms with van der Waals surface area (Å²) in [6.45, 7) is 11.1. The number of anilines is 4. The smallest absolute Gasteiger partial charge is 0.317 e. The Morgan fingerprint density at radius 1 is 1.08 bits per heavy atom. The van der Waals surface area contributed by atoms with E-state index >= 15 is 0 Å². The topological polar surface area (TPSA) is 117 Å². The van der Waals surface area contributed by atoms with Crippen molar-refractivity contribution in [2.24, 2.45) is 0 Å². The third-order valence-electron chi connectivity index (χ3n) is 7.11. The summed E-state index contributed by atoms with van der Waals surface area (Å²) in [5.74, 6) is 2.99. The Bertz CT molecular complexity index is 1260. The number of amides is 2. The number of rotatable bonds is 8. The average Bonchev–Trinajstić information content (AvgIpc) is 3.59. The largest absolute Gasteiger partial charge is 0.383 e. The molecular formula is C26H38N10O2. The van der Waals surface area contributed by atoms with E-state index in [1.54, 1.807) is 7.11 Å². The molecular weight excluding hydrogens is 484 g/mol. The number of aromatic nitrogens is 5. The van der Waals surface area contributed by atoms with Crippen LogP contribution in [0.1, 0.15) is 39.7 Å². The molecule has 12 heteroatoms. The SMILES string of the molecule is COCCNC(=O)N1CCN(c2nc(Nc3cc4c(cn3)cnn4C(C)C)cc(N3CCCC3)n2)C[C@@H]1C. The van der Waals surface area contributed by atoms with E-state index < -0.39 is 0 Å². The zero-order chi connectivity index (χ0) is 26.6. The van der Waals surface area contributed by atoms with Gasteiger partial charge in [0.25, 0.3) is 0 Å². The predicted molar refractivity (Wildman–Crippen MR) is 148 cm³/mol. The average molecular weight is 523 g/mol. The molecule has 204 valence electrons. The van der Waals surface area contributed by atoms with Gasteiger partial charge in [0.1, 0.15) is 17.5 Å². The lowest BCUT2D eigenvalue weighted by molar-refractivity contribution is 0.161. The van der Waals surface area contributed by atoms with Crippen molar-refractivity contribution in [3.8, 4) is 0 Å². The number of hydrogen-bond donors (Lipinski definition) is 2. The maximum absolute atomic E-state index is 12.6. The fourth-order valence-corrected chi connectivity index (χ4v) is 5.09. The summed E-state index contributed by atoms with van der Waals surface area (Å²) in [4.78, 5) is 33.4. The first kappa shape index (κ1) is 26.0. The number of carbonyl (C=O) groups excluding carboxylic acids is 1. The highest BCUT2D eigenvalue weighted by Crippen LogP contribution is 2.28. The Labute approximate surface area is 223 Å². The van der Waals surface area contributed by atoms with E-state index in [9.17, 15) is 4.79 Å². The van der Waals surface area contributed by atoms with Gasteiger partial charge in [0, 0.05) is 82.2 Å². The lowest BCUT2D eigenvalue weighted by atomic mass is 10.2. The van der Waals surface area contributed by atoms with E-state index in [1.165, 1.54) is 0 Å². The number of methoxy groups -OCH3 is 1. The quantitative estimate of drug-likeness (QED) is 0.431. The molecule has 5 rings (SSSR count). The minimum absolute atomic E-state index is 0.0159. The third-order valence-corrected chi connectivity index (χ3v) is 7.11. The van der Waals surface area contributed by atoms with Crippen LogP contribution in [0.25, 0.3) is 10.9 Å². The number of ether oxygens (including phenoxy) is 1. The fraction of sp³-hybridized carbons (Fsp3) is 0.577. The van der Waals surface area contributed by atoms with Crippen LogP contribution in [-0.4, -0.2) is 94.7 Å². The van der Waals surface area contributed by atoms with Crippen molar-refractivity contribution in [1.82, 2.24) is 34.9 Å². The minimum Gasteiger partial charge on any atom is -0.383 e. The zero-order valence-electron chi connectivity index (χ0n) is 22.7. The molecule has 0 radical (unpaired) electrons. The van der Waals surface area contributed by atoms with Gasteiger partial charge in [-0.05, 0) is 33.6 Å². The number of carbonyl (C=O) groups is 1. The second-order valence-electron chi connectivity index (χ2n) is 10.3. The maximum Gasteiger partial charge on any atom is 0.317 e. The standard InChI is InChI=1S/C26H38N10O2/c1-18(2)36-21-13-22(28-15-20(21)16-29-36)30-23-14-24(33-8-5-6-9-33)32-25(31-23)34-10-11-35(19(3)17-34)26(37)27-7-12-38-4/h13-16,18-19H,5-12,17H2,1-4H3,(H,27,37)(H,28,30,31,32)/t19-/m0/s1. The Kier molecular flexibility index (Phi) is 7.77. The van der Waals surface area contributed by atoms with Crippen molar-refractivity contribution in [3.05, 3.63) is 24.5 Å². The minimum atomic E-state index is -0.0644. The van der Waals surface area contributed by atoms with Gasteiger partial charge >= 0.3 is 6.03 Å². The van der Waals surface area contributed by atoms with Crippen molar-refractivity contribution in [1.29, 1.82) is 0 Å². The second kappa shape index (κ2) is 11.4. The summed E-state index contributed by atoms with van der Waals surface area (Å²) in [6.07, 6.45) is 6.01. The van der Waals surface area contributed by atoms with Crippen LogP contribution in [0, 0.1) is 0 Å². The van der Waals surface area contributed by atoms with Gasteiger partial charge in [-0.1, -0.05) is 0 Å². The van der Waals surface area contributed by atoms with Crippen LogP contribution in [0.3, 0.4) is 0 Å². The van der Waals surface area contributed by atoms with Gasteiger partial charge in [-0.3, -0.25) is 4.68 Å². The van der Waals surface area contributed by atoms with Gasteiger partial charge in [-0.2, -0.15) is 15.1 Å². The van der Waals surface area contributed by atoms with Gasteiger partial charge in [-0.15, -0.1) is 0 Å². The van der Waals surface area contributed by atoms with Crippen molar-refractivity contribution in [2.75, 3.05) is 68.1 Å². The van der Waals surface area contributed by atoms with Crippen molar-refractivity contribution in [3.63, 3.8) is 0 Å². The first-order valence-electron chi connectivity index (χ1n) is 13.5. The Balaban J connectivity index is 1.37. The van der Waals surface area contributed by atoms with Gasteiger partial charge in [-0.25, -0.2) is 9.78 Å². The molecule has 0 saturated carbocycles. The van der Waals surface area contributed by atoms with Crippen LogP contribution in [0.15, 0.2) is 24.5 Å². The van der Waals surface area contributed by atoms with Crippen LogP contribution in [0.2, 0.25) is 0 Å². The molecule has 0 bridgehead atoms. The lowest BCUT2D eigenvalue weighted by Crippen LogP contribution is -2.57. The van der Waals surface area contributed by atoms with Crippen molar-refractivity contribution >= 4 is 40.3 Å². The monoisotopic (exact) mass is 522 g/mol.